The molecule has 49 heavy (non-hydrogen) atoms. The molecule has 0 saturated heterocycles. The van der Waals surface area contributed by atoms with Crippen molar-refractivity contribution >= 4 is 76.2 Å². The van der Waals surface area contributed by atoms with Crippen LogP contribution in [0.3, 0.4) is 0 Å². The summed E-state index contributed by atoms with van der Waals surface area (Å²) >= 11 is 1.72. The van der Waals surface area contributed by atoms with Gasteiger partial charge in [-0.2, -0.15) is 0 Å². The van der Waals surface area contributed by atoms with Gasteiger partial charge in [0.25, 0.3) is 5.91 Å². The standard InChI is InChI=1S/C36H36IN5O6S/c1-20-8-9-22(34(44)40-29-16-24(36(2,3)4)17-30(32(29)48-6)42-49(7,45)46)15-27(20)21-10-13-28-23(14-21)19-38-35(41-28)39-25-11-12-26(33(37)43)31(18-25)47-5/h8-19,42H,1-7H3,(H,40,44)(H,38,39,41). The smallest absolute Gasteiger partial charge is 0.255 e. The molecule has 0 unspecified atom stereocenters. The first-order valence-corrected chi connectivity index (χ1v) is 18.1. The maximum atomic E-state index is 13.7. The lowest BCUT2D eigenvalue weighted by molar-refractivity contribution is 0.102. The van der Waals surface area contributed by atoms with Crippen molar-refractivity contribution in [2.45, 2.75) is 33.1 Å². The Morgan fingerprint density at radius 1 is 0.898 bits per heavy atom. The number of nitrogens with one attached hydrogen (secondary N) is 3. The van der Waals surface area contributed by atoms with Crippen LogP contribution in [0.4, 0.5) is 23.0 Å². The molecule has 0 radical (unpaired) electrons. The summed E-state index contributed by atoms with van der Waals surface area (Å²) in [6, 6.07) is 19.9. The van der Waals surface area contributed by atoms with Crippen molar-refractivity contribution in [1.29, 1.82) is 0 Å². The second-order valence-electron chi connectivity index (χ2n) is 12.5. The van der Waals surface area contributed by atoms with Crippen LogP contribution in [-0.4, -0.2) is 48.6 Å². The Bertz CT molecular complexity index is 2220. The van der Waals surface area contributed by atoms with Gasteiger partial charge in [-0.05, 0) is 83.1 Å². The van der Waals surface area contributed by atoms with Crippen LogP contribution in [0.5, 0.6) is 11.5 Å². The number of aromatic nitrogens is 2. The number of carbonyl (C=O) groups excluding carboxylic acids is 2. The zero-order chi connectivity index (χ0) is 35.7. The van der Waals surface area contributed by atoms with Crippen LogP contribution in [-0.2, 0) is 15.4 Å². The predicted molar refractivity (Wildman–Crippen MR) is 202 cm³/mol. The lowest BCUT2D eigenvalue weighted by Gasteiger charge is -2.24. The number of amides is 1. The number of benzene rings is 4. The van der Waals surface area contributed by atoms with E-state index in [-0.39, 0.29) is 26.5 Å². The number of sulfonamides is 1. The summed E-state index contributed by atoms with van der Waals surface area (Å²) in [4.78, 5) is 34.7. The Morgan fingerprint density at radius 3 is 2.29 bits per heavy atom. The Labute approximate surface area is 299 Å². The van der Waals surface area contributed by atoms with Gasteiger partial charge >= 0.3 is 0 Å². The number of anilines is 4. The highest BCUT2D eigenvalue weighted by molar-refractivity contribution is 14.1. The Hall–Kier alpha value is -4.76. The quantitative estimate of drug-likeness (QED) is 0.0950. The summed E-state index contributed by atoms with van der Waals surface area (Å²) in [5, 5.41) is 6.90. The van der Waals surface area contributed by atoms with E-state index in [0.717, 1.165) is 33.9 Å². The highest BCUT2D eigenvalue weighted by Crippen LogP contribution is 2.39. The lowest BCUT2D eigenvalue weighted by Crippen LogP contribution is -2.18. The second-order valence-corrected chi connectivity index (χ2v) is 15.2. The average Bonchev–Trinajstić information content (AvgIpc) is 3.03. The maximum absolute atomic E-state index is 13.7. The van der Waals surface area contributed by atoms with E-state index in [1.165, 1.54) is 14.2 Å². The fourth-order valence-corrected chi connectivity index (χ4v) is 6.24. The molecule has 13 heteroatoms. The minimum atomic E-state index is -3.62. The highest BCUT2D eigenvalue weighted by atomic mass is 127. The summed E-state index contributed by atoms with van der Waals surface area (Å²) in [5.74, 6) is 0.650. The first-order valence-electron chi connectivity index (χ1n) is 15.1. The number of aryl methyl sites for hydroxylation is 1. The molecule has 1 amide bonds. The summed E-state index contributed by atoms with van der Waals surface area (Å²) < 4.78 is 37.6. The Balaban J connectivity index is 1.43. The number of rotatable bonds is 10. The van der Waals surface area contributed by atoms with Gasteiger partial charge in [-0.3, -0.25) is 14.3 Å². The van der Waals surface area contributed by atoms with E-state index >= 15 is 0 Å². The van der Waals surface area contributed by atoms with Crippen molar-refractivity contribution in [3.05, 3.63) is 95.2 Å². The number of methoxy groups -OCH3 is 2. The molecule has 0 aliphatic carbocycles. The van der Waals surface area contributed by atoms with Crippen molar-refractivity contribution in [3.8, 4) is 22.6 Å². The van der Waals surface area contributed by atoms with Crippen molar-refractivity contribution in [2.24, 2.45) is 0 Å². The van der Waals surface area contributed by atoms with Gasteiger partial charge in [-0.15, -0.1) is 0 Å². The zero-order valence-electron chi connectivity index (χ0n) is 28.1. The Kier molecular flexibility index (Phi) is 10.2. The van der Waals surface area contributed by atoms with E-state index in [9.17, 15) is 18.0 Å². The molecule has 0 saturated carbocycles. The predicted octanol–water partition coefficient (Wildman–Crippen LogP) is 7.86. The molecule has 1 aromatic heterocycles. The van der Waals surface area contributed by atoms with Gasteiger partial charge in [-0.1, -0.05) is 32.9 Å². The number of carbonyl (C=O) groups is 2. The first kappa shape index (κ1) is 35.5. The van der Waals surface area contributed by atoms with Crippen molar-refractivity contribution < 1.29 is 27.5 Å². The first-order chi connectivity index (χ1) is 23.1. The molecule has 0 bridgehead atoms. The molecule has 0 aliphatic rings. The molecule has 5 aromatic rings. The van der Waals surface area contributed by atoms with Gasteiger partial charge in [0, 0.05) is 51.5 Å². The molecule has 0 spiro atoms. The third-order valence-corrected chi connectivity index (χ3v) is 8.93. The summed E-state index contributed by atoms with van der Waals surface area (Å²) in [6.45, 7) is 7.95. The van der Waals surface area contributed by atoms with Gasteiger partial charge in [0.15, 0.2) is 5.75 Å². The van der Waals surface area contributed by atoms with Gasteiger partial charge in [0.1, 0.15) is 5.75 Å². The minimum Gasteiger partial charge on any atom is -0.496 e. The molecule has 4 aromatic carbocycles. The van der Waals surface area contributed by atoms with Gasteiger partial charge < -0.3 is 20.1 Å². The van der Waals surface area contributed by atoms with Crippen molar-refractivity contribution in [1.82, 2.24) is 9.97 Å². The number of nitrogens with zero attached hydrogens (tertiary/aromatic N) is 2. The fraction of sp³-hybridized carbons (Fsp3) is 0.222. The molecule has 11 nitrogen and oxygen atoms in total. The second kappa shape index (κ2) is 14.0. The maximum Gasteiger partial charge on any atom is 0.255 e. The molecule has 5 rings (SSSR count). The van der Waals surface area contributed by atoms with Crippen LogP contribution in [0, 0.1) is 6.92 Å². The summed E-state index contributed by atoms with van der Waals surface area (Å²) in [5.41, 5.74) is 5.99. The van der Waals surface area contributed by atoms with Crippen molar-refractivity contribution in [3.63, 3.8) is 0 Å². The van der Waals surface area contributed by atoms with E-state index in [1.54, 1.807) is 65.2 Å². The van der Waals surface area contributed by atoms with E-state index < -0.39 is 10.0 Å². The Morgan fingerprint density at radius 2 is 1.63 bits per heavy atom. The number of halogens is 1. The lowest BCUT2D eigenvalue weighted by atomic mass is 9.86. The molecular weight excluding hydrogens is 757 g/mol. The molecule has 1 heterocycles. The SMILES string of the molecule is COc1cc(Nc2ncc3cc(-c4cc(C(=O)Nc5cc(C(C)(C)C)cc(NS(C)(=O)=O)c5OC)ccc4C)ccc3n2)ccc1C(=O)I. The molecule has 254 valence electrons. The van der Waals surface area contributed by atoms with E-state index in [2.05, 4.69) is 25.3 Å². The van der Waals surface area contributed by atoms with E-state index in [1.807, 2.05) is 58.0 Å². The summed E-state index contributed by atoms with van der Waals surface area (Å²) in [7, 11) is -0.688. The van der Waals surface area contributed by atoms with E-state index in [0.29, 0.717) is 39.7 Å². The third kappa shape index (κ3) is 8.28. The molecular formula is C36H36IN5O6S. The fourth-order valence-electron chi connectivity index (χ4n) is 5.24. The largest absolute Gasteiger partial charge is 0.496 e. The molecule has 3 N–H and O–H groups in total. The number of ether oxygens (including phenoxy) is 2. The average molecular weight is 794 g/mol. The number of fused-ring (bicyclic) bond motifs is 1. The van der Waals surface area contributed by atoms with Crippen LogP contribution in [0.25, 0.3) is 22.0 Å². The highest BCUT2D eigenvalue weighted by Gasteiger charge is 2.23. The van der Waals surface area contributed by atoms with Gasteiger partial charge in [-0.25, -0.2) is 18.4 Å². The van der Waals surface area contributed by atoms with Crippen LogP contribution in [0.2, 0.25) is 0 Å². The summed E-state index contributed by atoms with van der Waals surface area (Å²) in [6.07, 6.45) is 2.78. The van der Waals surface area contributed by atoms with Crippen LogP contribution < -0.4 is 24.8 Å². The zero-order valence-corrected chi connectivity index (χ0v) is 31.0. The third-order valence-electron chi connectivity index (χ3n) is 7.76. The monoisotopic (exact) mass is 793 g/mol. The van der Waals surface area contributed by atoms with Gasteiger partial charge in [0.2, 0.25) is 19.8 Å². The topological polar surface area (TPSA) is 149 Å². The number of hydrogen-bond donors (Lipinski definition) is 3. The number of hydrogen-bond acceptors (Lipinski definition) is 9. The normalized spacial score (nSPS) is 11.6. The molecule has 0 atom stereocenters. The van der Waals surface area contributed by atoms with Crippen LogP contribution in [0.15, 0.2) is 72.9 Å². The van der Waals surface area contributed by atoms with Crippen molar-refractivity contribution in [2.75, 3.05) is 35.8 Å². The van der Waals surface area contributed by atoms with Crippen LogP contribution in [0.1, 0.15) is 52.6 Å². The minimum absolute atomic E-state index is 0.121. The molecule has 0 fully saturated rings. The van der Waals surface area contributed by atoms with Crippen LogP contribution >= 0.6 is 22.6 Å². The van der Waals surface area contributed by atoms with E-state index in [4.69, 9.17) is 9.47 Å². The molecule has 0 aliphatic heterocycles. The van der Waals surface area contributed by atoms with Gasteiger partial charge in [0.05, 0.1) is 42.9 Å².